The predicted molar refractivity (Wildman–Crippen MR) is 221 cm³/mol. The van der Waals surface area contributed by atoms with E-state index >= 15 is 0 Å². The summed E-state index contributed by atoms with van der Waals surface area (Å²) in [5.41, 5.74) is 2.01. The van der Waals surface area contributed by atoms with E-state index in [0.29, 0.717) is 26.4 Å². The number of benzene rings is 2. The van der Waals surface area contributed by atoms with E-state index in [-0.39, 0.29) is 15.1 Å². The van der Waals surface area contributed by atoms with Crippen molar-refractivity contribution < 1.29 is 18.9 Å². The van der Waals surface area contributed by atoms with Crippen molar-refractivity contribution in [1.82, 2.24) is 0 Å². The molecule has 0 fully saturated rings. The lowest BCUT2D eigenvalue weighted by molar-refractivity contribution is 0.121. The van der Waals surface area contributed by atoms with Crippen LogP contribution >= 0.6 is 95.6 Å². The Hall–Kier alpha value is 0.840. The molecule has 0 heterocycles. The van der Waals surface area contributed by atoms with Gasteiger partial charge in [0.25, 0.3) is 0 Å². The summed E-state index contributed by atoms with van der Waals surface area (Å²) in [4.78, 5) is 0.232. The second-order valence-corrected chi connectivity index (χ2v) is 18.7. The van der Waals surface area contributed by atoms with E-state index in [1.807, 2.05) is 0 Å². The van der Waals surface area contributed by atoms with E-state index in [9.17, 15) is 0 Å². The minimum atomic E-state index is -0.294. The largest absolute Gasteiger partial charge is 0.490 e. The van der Waals surface area contributed by atoms with Crippen LogP contribution in [0.3, 0.4) is 0 Å². The second-order valence-electron chi connectivity index (χ2n) is 12.7. The molecule has 0 aliphatic rings. The van der Waals surface area contributed by atoms with Crippen molar-refractivity contribution >= 4 is 95.6 Å². The van der Waals surface area contributed by atoms with E-state index in [4.69, 9.17) is 18.9 Å². The molecule has 0 aliphatic carbocycles. The highest BCUT2D eigenvalue weighted by molar-refractivity contribution is 9.11. The molecule has 2 aromatic carbocycles. The van der Waals surface area contributed by atoms with E-state index in [0.717, 1.165) is 66.6 Å². The molecule has 2 aromatic rings. The Morgan fingerprint density at radius 1 is 0.511 bits per heavy atom. The summed E-state index contributed by atoms with van der Waals surface area (Å²) >= 11 is 22.5. The third kappa shape index (κ3) is 16.8. The molecule has 0 aliphatic heterocycles. The summed E-state index contributed by atoms with van der Waals surface area (Å²) in [5.74, 6) is 1.58. The van der Waals surface area contributed by atoms with Crippen molar-refractivity contribution in [3.63, 3.8) is 0 Å². The summed E-state index contributed by atoms with van der Waals surface area (Å²) in [6, 6.07) is 8.58. The standard InChI is InChI=1S/C37H54Br6O4/c1-5-7-9-11-13-15-17-44-23-29(38)25-46-35-31(40)19-27(20-32(35)41)37(3,4)28-21-33(42)36(34(43)22-28)47-26-30(39)24-45-18-16-14-12-10-8-6-2/h19-22,29-30H,5-18,23-26H2,1-4H3. The third-order valence-electron chi connectivity index (χ3n) is 8.14. The molecule has 0 spiro atoms. The topological polar surface area (TPSA) is 36.9 Å². The maximum absolute atomic E-state index is 6.21. The van der Waals surface area contributed by atoms with Crippen molar-refractivity contribution in [2.45, 2.75) is 120 Å². The Bertz CT molecular complexity index is 1030. The molecule has 2 unspecified atom stereocenters. The number of unbranched alkanes of at least 4 members (excludes halogenated alkanes) is 10. The molecular formula is C37H54Br6O4. The molecule has 0 N–H and O–H groups in total. The summed E-state index contributed by atoms with van der Waals surface area (Å²) in [5, 5.41) is 0. The average Bonchev–Trinajstić information content (AvgIpc) is 3.02. The highest BCUT2D eigenvalue weighted by Gasteiger charge is 2.28. The van der Waals surface area contributed by atoms with E-state index in [1.165, 1.54) is 64.2 Å². The van der Waals surface area contributed by atoms with Gasteiger partial charge in [0.15, 0.2) is 0 Å². The quantitative estimate of drug-likeness (QED) is 0.0695. The fourth-order valence-electron chi connectivity index (χ4n) is 5.12. The number of ether oxygens (including phenoxy) is 4. The van der Waals surface area contributed by atoms with Gasteiger partial charge in [0.2, 0.25) is 0 Å². The first-order valence-electron chi connectivity index (χ1n) is 17.2. The van der Waals surface area contributed by atoms with Crippen LogP contribution in [0.2, 0.25) is 0 Å². The normalized spacial score (nSPS) is 13.1. The van der Waals surface area contributed by atoms with Crippen LogP contribution in [0.15, 0.2) is 42.2 Å². The maximum Gasteiger partial charge on any atom is 0.147 e. The highest BCUT2D eigenvalue weighted by Crippen LogP contribution is 2.44. The Morgan fingerprint density at radius 2 is 0.830 bits per heavy atom. The van der Waals surface area contributed by atoms with Crippen molar-refractivity contribution in [1.29, 1.82) is 0 Å². The van der Waals surface area contributed by atoms with Crippen LogP contribution in [0.5, 0.6) is 11.5 Å². The molecular weight excluding hydrogens is 988 g/mol. The van der Waals surface area contributed by atoms with Gasteiger partial charge in [-0.05, 0) is 112 Å². The SMILES string of the molecule is CCCCCCCCOCC(Br)COc1c(Br)cc(C(C)(C)c2cc(Br)c(OCC(Br)COCCCCCCCC)c(Br)c2)cc1Br. The second kappa shape index (κ2) is 24.9. The maximum atomic E-state index is 6.21. The Kier molecular flexibility index (Phi) is 23.3. The fourth-order valence-corrected chi connectivity index (χ4v) is 8.59. The van der Waals surface area contributed by atoms with Crippen LogP contribution < -0.4 is 9.47 Å². The van der Waals surface area contributed by atoms with Crippen LogP contribution in [0.4, 0.5) is 0 Å². The molecule has 10 heteroatoms. The Labute approximate surface area is 335 Å². The lowest BCUT2D eigenvalue weighted by Crippen LogP contribution is -2.21. The van der Waals surface area contributed by atoms with Crippen LogP contribution in [0, 0.1) is 0 Å². The summed E-state index contributed by atoms with van der Waals surface area (Å²) in [6.45, 7) is 12.8. The molecule has 0 radical (unpaired) electrons. The van der Waals surface area contributed by atoms with Crippen molar-refractivity contribution in [3.05, 3.63) is 53.3 Å². The lowest BCUT2D eigenvalue weighted by Gasteiger charge is -2.28. The summed E-state index contributed by atoms with van der Waals surface area (Å²) in [7, 11) is 0. The summed E-state index contributed by atoms with van der Waals surface area (Å²) < 4.78 is 27.8. The number of rotatable bonds is 26. The van der Waals surface area contributed by atoms with Gasteiger partial charge in [-0.1, -0.05) is 124 Å². The van der Waals surface area contributed by atoms with E-state index in [1.54, 1.807) is 0 Å². The van der Waals surface area contributed by atoms with Gasteiger partial charge < -0.3 is 18.9 Å². The van der Waals surface area contributed by atoms with E-state index < -0.39 is 0 Å². The smallest absolute Gasteiger partial charge is 0.147 e. The van der Waals surface area contributed by atoms with Crippen LogP contribution in [-0.2, 0) is 14.9 Å². The zero-order valence-corrected chi connectivity index (χ0v) is 38.1. The van der Waals surface area contributed by atoms with Gasteiger partial charge in [-0.25, -0.2) is 0 Å². The molecule has 0 bridgehead atoms. The molecule has 2 atom stereocenters. The van der Waals surface area contributed by atoms with Crippen molar-refractivity contribution in [3.8, 4) is 11.5 Å². The molecule has 0 amide bonds. The first-order chi connectivity index (χ1) is 22.5. The number of hydrogen-bond donors (Lipinski definition) is 0. The number of hydrogen-bond acceptors (Lipinski definition) is 4. The third-order valence-corrected chi connectivity index (χ3v) is 11.6. The minimum absolute atomic E-state index is 0.116. The van der Waals surface area contributed by atoms with Crippen LogP contribution in [0.1, 0.15) is 116 Å². The van der Waals surface area contributed by atoms with Crippen molar-refractivity contribution in [2.24, 2.45) is 0 Å². The molecule has 47 heavy (non-hydrogen) atoms. The molecule has 2 rings (SSSR count). The highest BCUT2D eigenvalue weighted by atomic mass is 79.9. The average molecular weight is 1040 g/mol. The Morgan fingerprint density at radius 3 is 1.17 bits per heavy atom. The molecule has 268 valence electrons. The monoisotopic (exact) mass is 1040 g/mol. The van der Waals surface area contributed by atoms with Crippen LogP contribution in [-0.4, -0.2) is 49.3 Å². The van der Waals surface area contributed by atoms with E-state index in [2.05, 4.69) is 148 Å². The zero-order chi connectivity index (χ0) is 34.7. The van der Waals surface area contributed by atoms with Gasteiger partial charge in [-0.15, -0.1) is 0 Å². The molecule has 0 aromatic heterocycles. The lowest BCUT2D eigenvalue weighted by atomic mass is 9.78. The van der Waals surface area contributed by atoms with Gasteiger partial charge in [0.05, 0.1) is 40.8 Å². The first-order valence-corrected chi connectivity index (χ1v) is 22.2. The van der Waals surface area contributed by atoms with Crippen molar-refractivity contribution in [2.75, 3.05) is 39.6 Å². The predicted octanol–water partition coefficient (Wildman–Crippen LogP) is 14.1. The number of halogens is 6. The Balaban J connectivity index is 1.89. The van der Waals surface area contributed by atoms with Gasteiger partial charge in [-0.2, -0.15) is 0 Å². The zero-order valence-electron chi connectivity index (χ0n) is 28.6. The summed E-state index contributed by atoms with van der Waals surface area (Å²) in [6.07, 6.45) is 15.2. The minimum Gasteiger partial charge on any atom is -0.490 e. The number of alkyl halides is 2. The van der Waals surface area contributed by atoms with Gasteiger partial charge in [-0.3, -0.25) is 0 Å². The van der Waals surface area contributed by atoms with Gasteiger partial charge in [0, 0.05) is 18.6 Å². The molecule has 0 saturated carbocycles. The van der Waals surface area contributed by atoms with Gasteiger partial charge in [0.1, 0.15) is 24.7 Å². The van der Waals surface area contributed by atoms with Crippen LogP contribution in [0.25, 0.3) is 0 Å². The molecule has 0 saturated heterocycles. The fraction of sp³-hybridized carbons (Fsp3) is 0.676. The first kappa shape index (κ1) is 44.0. The molecule has 4 nitrogen and oxygen atoms in total. The van der Waals surface area contributed by atoms with Gasteiger partial charge >= 0.3 is 0 Å².